The topological polar surface area (TPSA) is 3.24 Å². The monoisotopic (exact) mass is 257 g/mol. The first-order chi connectivity index (χ1) is 7.82. The number of hydrogen-bond acceptors (Lipinski definition) is 1. The second-order valence-corrected chi connectivity index (χ2v) is 6.24. The van der Waals surface area contributed by atoms with Crippen molar-refractivity contribution in [2.75, 3.05) is 13.1 Å². The van der Waals surface area contributed by atoms with E-state index < -0.39 is 0 Å². The third-order valence-electron chi connectivity index (χ3n) is 2.52. The van der Waals surface area contributed by atoms with Crippen molar-refractivity contribution in [3.63, 3.8) is 0 Å². The molecular weight excluding hydrogens is 230 g/mol. The molecule has 0 radical (unpaired) electrons. The van der Waals surface area contributed by atoms with Gasteiger partial charge in [0.2, 0.25) is 0 Å². The first kappa shape index (κ1) is 16.6. The molecule has 1 atom stereocenters. The number of hydrogen-bond donors (Lipinski definition) is 0. The van der Waals surface area contributed by atoms with Crippen LogP contribution in [-0.2, 0) is 0 Å². The molecule has 1 unspecified atom stereocenters. The predicted octanol–water partition coefficient (Wildman–Crippen LogP) is 4.69. The number of alkyl halides is 1. The van der Waals surface area contributed by atoms with Crippen LogP contribution in [0.15, 0.2) is 24.4 Å². The van der Waals surface area contributed by atoms with Gasteiger partial charge in [0, 0.05) is 24.2 Å². The molecule has 0 aliphatic rings. The summed E-state index contributed by atoms with van der Waals surface area (Å²) in [6, 6.07) is 0. The standard InChI is InChI=1S/C15H28ClN/c1-12(2)9-10-17(11-13(3)4)15(6)8-7-14(5)16/h7-8,12-14H,6,9-11H2,1-5H3/b8-7+. The Bertz CT molecular complexity index is 241. The van der Waals surface area contributed by atoms with Crippen LogP contribution < -0.4 is 0 Å². The van der Waals surface area contributed by atoms with E-state index in [1.807, 2.05) is 19.1 Å². The van der Waals surface area contributed by atoms with Crippen LogP contribution >= 0.6 is 11.6 Å². The van der Waals surface area contributed by atoms with Gasteiger partial charge in [-0.15, -0.1) is 11.6 Å². The number of nitrogens with zero attached hydrogens (tertiary/aromatic N) is 1. The number of rotatable bonds is 8. The number of allylic oxidation sites excluding steroid dienone is 2. The average molecular weight is 258 g/mol. The predicted molar refractivity (Wildman–Crippen MR) is 79.5 cm³/mol. The fourth-order valence-corrected chi connectivity index (χ4v) is 1.63. The van der Waals surface area contributed by atoms with E-state index >= 15 is 0 Å². The van der Waals surface area contributed by atoms with Crippen molar-refractivity contribution in [3.05, 3.63) is 24.4 Å². The highest BCUT2D eigenvalue weighted by Crippen LogP contribution is 2.12. The summed E-state index contributed by atoms with van der Waals surface area (Å²) in [6.45, 7) is 17.2. The highest BCUT2D eigenvalue weighted by Gasteiger charge is 2.08. The van der Waals surface area contributed by atoms with E-state index in [-0.39, 0.29) is 5.38 Å². The van der Waals surface area contributed by atoms with E-state index in [0.717, 1.165) is 24.7 Å². The highest BCUT2D eigenvalue weighted by molar-refractivity contribution is 6.21. The Kier molecular flexibility index (Phi) is 8.41. The van der Waals surface area contributed by atoms with Gasteiger partial charge in [-0.1, -0.05) is 40.3 Å². The van der Waals surface area contributed by atoms with E-state index in [0.29, 0.717) is 5.92 Å². The summed E-state index contributed by atoms with van der Waals surface area (Å²) in [7, 11) is 0. The zero-order valence-corrected chi connectivity index (χ0v) is 12.8. The second-order valence-electron chi connectivity index (χ2n) is 5.55. The van der Waals surface area contributed by atoms with Crippen molar-refractivity contribution in [1.82, 2.24) is 4.90 Å². The van der Waals surface area contributed by atoms with Gasteiger partial charge in [0.05, 0.1) is 0 Å². The van der Waals surface area contributed by atoms with Gasteiger partial charge in [-0.2, -0.15) is 0 Å². The van der Waals surface area contributed by atoms with Gasteiger partial charge in [-0.3, -0.25) is 0 Å². The van der Waals surface area contributed by atoms with Crippen molar-refractivity contribution in [1.29, 1.82) is 0 Å². The Morgan fingerprint density at radius 3 is 2.18 bits per heavy atom. The smallest absolute Gasteiger partial charge is 0.0491 e. The molecule has 0 aromatic heterocycles. The Morgan fingerprint density at radius 1 is 1.18 bits per heavy atom. The summed E-state index contributed by atoms with van der Waals surface area (Å²) in [5, 5.41) is 0.0674. The highest BCUT2D eigenvalue weighted by atomic mass is 35.5. The molecular formula is C15H28ClN. The molecule has 0 aromatic rings. The van der Waals surface area contributed by atoms with Gasteiger partial charge in [-0.05, 0) is 31.3 Å². The molecule has 0 fully saturated rings. The molecule has 100 valence electrons. The first-order valence-corrected chi connectivity index (χ1v) is 7.02. The summed E-state index contributed by atoms with van der Waals surface area (Å²) in [4.78, 5) is 2.36. The van der Waals surface area contributed by atoms with Gasteiger partial charge in [0.15, 0.2) is 0 Å². The molecule has 0 spiro atoms. The van der Waals surface area contributed by atoms with Gasteiger partial charge in [0.25, 0.3) is 0 Å². The molecule has 0 aromatic carbocycles. The molecule has 1 nitrogen and oxygen atoms in total. The molecule has 0 saturated heterocycles. The van der Waals surface area contributed by atoms with Crippen molar-refractivity contribution >= 4 is 11.6 Å². The van der Waals surface area contributed by atoms with Crippen molar-refractivity contribution in [2.24, 2.45) is 11.8 Å². The zero-order chi connectivity index (χ0) is 13.4. The molecule has 0 aliphatic heterocycles. The van der Waals surface area contributed by atoms with Gasteiger partial charge < -0.3 is 4.90 Å². The lowest BCUT2D eigenvalue weighted by molar-refractivity contribution is 0.295. The number of halogens is 1. The normalized spacial score (nSPS) is 13.6. The molecule has 0 heterocycles. The molecule has 2 heteroatoms. The second kappa shape index (κ2) is 8.63. The lowest BCUT2D eigenvalue weighted by Gasteiger charge is -2.28. The Balaban J connectivity index is 4.39. The Morgan fingerprint density at radius 2 is 1.76 bits per heavy atom. The van der Waals surface area contributed by atoms with Crippen molar-refractivity contribution < 1.29 is 0 Å². The zero-order valence-electron chi connectivity index (χ0n) is 12.0. The van der Waals surface area contributed by atoms with Crippen LogP contribution in [-0.4, -0.2) is 23.4 Å². The Hall–Kier alpha value is -0.430. The van der Waals surface area contributed by atoms with Crippen LogP contribution in [0.5, 0.6) is 0 Å². The third-order valence-corrected chi connectivity index (χ3v) is 2.67. The van der Waals surface area contributed by atoms with Gasteiger partial charge in [0.1, 0.15) is 0 Å². The third kappa shape index (κ3) is 9.29. The minimum atomic E-state index is 0.0674. The minimum Gasteiger partial charge on any atom is -0.372 e. The van der Waals surface area contributed by atoms with E-state index in [2.05, 4.69) is 39.2 Å². The molecule has 0 N–H and O–H groups in total. The van der Waals surface area contributed by atoms with Crippen LogP contribution in [0.4, 0.5) is 0 Å². The van der Waals surface area contributed by atoms with Gasteiger partial charge in [-0.25, -0.2) is 0 Å². The molecule has 0 aliphatic carbocycles. The van der Waals surface area contributed by atoms with Crippen LogP contribution in [0.2, 0.25) is 0 Å². The van der Waals surface area contributed by atoms with Crippen molar-refractivity contribution in [3.8, 4) is 0 Å². The summed E-state index contributed by atoms with van der Waals surface area (Å²) < 4.78 is 0. The maximum atomic E-state index is 5.91. The molecule has 0 bridgehead atoms. The average Bonchev–Trinajstić information content (AvgIpc) is 2.19. The quantitative estimate of drug-likeness (QED) is 0.451. The van der Waals surface area contributed by atoms with E-state index in [4.69, 9.17) is 11.6 Å². The lowest BCUT2D eigenvalue weighted by atomic mass is 10.1. The van der Waals surface area contributed by atoms with E-state index in [9.17, 15) is 0 Å². The maximum Gasteiger partial charge on any atom is 0.0491 e. The van der Waals surface area contributed by atoms with Crippen LogP contribution in [0.3, 0.4) is 0 Å². The Labute approximate surface area is 113 Å². The summed E-state index contributed by atoms with van der Waals surface area (Å²) >= 11 is 5.91. The summed E-state index contributed by atoms with van der Waals surface area (Å²) in [5.41, 5.74) is 1.08. The SMILES string of the molecule is C=C(/C=C/C(C)Cl)N(CCC(C)C)CC(C)C. The minimum absolute atomic E-state index is 0.0674. The van der Waals surface area contributed by atoms with E-state index in [1.54, 1.807) is 0 Å². The first-order valence-electron chi connectivity index (χ1n) is 6.59. The molecule has 0 rings (SSSR count). The summed E-state index contributed by atoms with van der Waals surface area (Å²) in [5.74, 6) is 1.38. The maximum absolute atomic E-state index is 5.91. The fraction of sp³-hybridized carbons (Fsp3) is 0.733. The lowest BCUT2D eigenvalue weighted by Crippen LogP contribution is -2.28. The van der Waals surface area contributed by atoms with Crippen molar-refractivity contribution in [2.45, 2.75) is 46.4 Å². The molecule has 17 heavy (non-hydrogen) atoms. The van der Waals surface area contributed by atoms with E-state index in [1.165, 1.54) is 6.42 Å². The largest absolute Gasteiger partial charge is 0.372 e. The van der Waals surface area contributed by atoms with Crippen LogP contribution in [0.1, 0.15) is 41.0 Å². The molecule has 0 saturated carbocycles. The van der Waals surface area contributed by atoms with Crippen LogP contribution in [0.25, 0.3) is 0 Å². The van der Waals surface area contributed by atoms with Crippen LogP contribution in [0, 0.1) is 11.8 Å². The van der Waals surface area contributed by atoms with Gasteiger partial charge >= 0.3 is 0 Å². The fourth-order valence-electron chi connectivity index (χ4n) is 1.56. The summed E-state index contributed by atoms with van der Waals surface area (Å²) in [6.07, 6.45) is 5.24. The molecule has 0 amide bonds.